The molecule has 0 spiro atoms. The zero-order chi connectivity index (χ0) is 16.9. The molecule has 122 valence electrons. The van der Waals surface area contributed by atoms with E-state index in [1.165, 1.54) is 0 Å². The van der Waals surface area contributed by atoms with E-state index in [0.717, 1.165) is 16.5 Å². The SMILES string of the molecule is CCCNC(=O)c1ccc(NC(=O)c2csc3ccccc23)cc1. The van der Waals surface area contributed by atoms with Crippen molar-refractivity contribution in [3.8, 4) is 0 Å². The van der Waals surface area contributed by atoms with Crippen molar-refractivity contribution in [3.63, 3.8) is 0 Å². The van der Waals surface area contributed by atoms with Crippen LogP contribution in [0.25, 0.3) is 10.1 Å². The van der Waals surface area contributed by atoms with Crippen molar-refractivity contribution >= 4 is 38.9 Å². The van der Waals surface area contributed by atoms with Gasteiger partial charge in [-0.05, 0) is 36.8 Å². The van der Waals surface area contributed by atoms with Gasteiger partial charge in [0.05, 0.1) is 5.56 Å². The van der Waals surface area contributed by atoms with E-state index < -0.39 is 0 Å². The van der Waals surface area contributed by atoms with Gasteiger partial charge in [0.25, 0.3) is 11.8 Å². The lowest BCUT2D eigenvalue weighted by Crippen LogP contribution is -2.23. The summed E-state index contributed by atoms with van der Waals surface area (Å²) in [4.78, 5) is 24.3. The molecule has 0 unspecified atom stereocenters. The van der Waals surface area contributed by atoms with Gasteiger partial charge in [0.2, 0.25) is 0 Å². The van der Waals surface area contributed by atoms with Crippen LogP contribution in [0.5, 0.6) is 0 Å². The monoisotopic (exact) mass is 338 g/mol. The second-order valence-corrected chi connectivity index (χ2v) is 6.34. The fourth-order valence-corrected chi connectivity index (χ4v) is 3.34. The minimum Gasteiger partial charge on any atom is -0.352 e. The lowest BCUT2D eigenvalue weighted by atomic mass is 10.1. The first kappa shape index (κ1) is 16.2. The minimum atomic E-state index is -0.143. The van der Waals surface area contributed by atoms with Crippen LogP contribution in [-0.4, -0.2) is 18.4 Å². The number of nitrogens with one attached hydrogen (secondary N) is 2. The quantitative estimate of drug-likeness (QED) is 0.729. The summed E-state index contributed by atoms with van der Waals surface area (Å²) in [6.45, 7) is 2.66. The molecule has 1 heterocycles. The van der Waals surface area contributed by atoms with Crippen molar-refractivity contribution < 1.29 is 9.59 Å². The molecule has 0 radical (unpaired) electrons. The molecule has 0 aliphatic rings. The molecule has 3 aromatic rings. The van der Waals surface area contributed by atoms with Crippen LogP contribution in [0, 0.1) is 0 Å². The molecule has 2 amide bonds. The Kier molecular flexibility index (Phi) is 4.91. The topological polar surface area (TPSA) is 58.2 Å². The fourth-order valence-electron chi connectivity index (χ4n) is 2.40. The summed E-state index contributed by atoms with van der Waals surface area (Å²) in [6, 6.07) is 14.8. The molecule has 0 saturated heterocycles. The van der Waals surface area contributed by atoms with E-state index in [-0.39, 0.29) is 11.8 Å². The number of benzene rings is 2. The Labute approximate surface area is 144 Å². The smallest absolute Gasteiger partial charge is 0.257 e. The third-order valence-electron chi connectivity index (χ3n) is 3.67. The number of anilines is 1. The molecule has 3 rings (SSSR count). The Balaban J connectivity index is 1.72. The second-order valence-electron chi connectivity index (χ2n) is 5.43. The molecule has 4 nitrogen and oxygen atoms in total. The fraction of sp³-hybridized carbons (Fsp3) is 0.158. The number of amides is 2. The van der Waals surface area contributed by atoms with Crippen molar-refractivity contribution in [2.45, 2.75) is 13.3 Å². The van der Waals surface area contributed by atoms with Gasteiger partial charge in [-0.15, -0.1) is 11.3 Å². The predicted molar refractivity (Wildman–Crippen MR) is 98.8 cm³/mol. The van der Waals surface area contributed by atoms with E-state index >= 15 is 0 Å². The summed E-state index contributed by atoms with van der Waals surface area (Å²) in [5.74, 6) is -0.241. The molecule has 0 aliphatic carbocycles. The van der Waals surface area contributed by atoms with Gasteiger partial charge in [0.1, 0.15) is 0 Å². The van der Waals surface area contributed by atoms with Gasteiger partial charge in [-0.3, -0.25) is 9.59 Å². The Morgan fingerprint density at radius 2 is 1.75 bits per heavy atom. The molecule has 0 bridgehead atoms. The Morgan fingerprint density at radius 3 is 2.50 bits per heavy atom. The number of rotatable bonds is 5. The van der Waals surface area contributed by atoms with Crippen LogP contribution in [0.3, 0.4) is 0 Å². The van der Waals surface area contributed by atoms with Crippen LogP contribution in [-0.2, 0) is 0 Å². The molecule has 2 aromatic carbocycles. The Morgan fingerprint density at radius 1 is 1.00 bits per heavy atom. The maximum absolute atomic E-state index is 12.5. The Hall–Kier alpha value is -2.66. The highest BCUT2D eigenvalue weighted by molar-refractivity contribution is 7.17. The number of hydrogen-bond donors (Lipinski definition) is 2. The van der Waals surface area contributed by atoms with E-state index in [4.69, 9.17) is 0 Å². The number of carbonyl (C=O) groups excluding carboxylic acids is 2. The number of thiophene rings is 1. The van der Waals surface area contributed by atoms with Crippen molar-refractivity contribution in [1.82, 2.24) is 5.32 Å². The average molecular weight is 338 g/mol. The molecule has 24 heavy (non-hydrogen) atoms. The summed E-state index contributed by atoms with van der Waals surface area (Å²) >= 11 is 1.55. The minimum absolute atomic E-state index is 0.0986. The van der Waals surface area contributed by atoms with E-state index in [2.05, 4.69) is 10.6 Å². The largest absolute Gasteiger partial charge is 0.352 e. The van der Waals surface area contributed by atoms with E-state index in [9.17, 15) is 9.59 Å². The van der Waals surface area contributed by atoms with Gasteiger partial charge in [0.15, 0.2) is 0 Å². The molecule has 0 saturated carbocycles. The maximum Gasteiger partial charge on any atom is 0.257 e. The normalized spacial score (nSPS) is 10.5. The number of fused-ring (bicyclic) bond motifs is 1. The molecule has 0 fully saturated rings. The summed E-state index contributed by atoms with van der Waals surface area (Å²) < 4.78 is 1.09. The third-order valence-corrected chi connectivity index (χ3v) is 4.63. The van der Waals surface area contributed by atoms with Crippen LogP contribution in [0.1, 0.15) is 34.1 Å². The Bertz CT molecular complexity index is 868. The second kappa shape index (κ2) is 7.27. The van der Waals surface area contributed by atoms with E-state index in [1.807, 2.05) is 36.6 Å². The van der Waals surface area contributed by atoms with Gasteiger partial charge in [0, 0.05) is 33.3 Å². The van der Waals surface area contributed by atoms with Crippen molar-refractivity contribution in [2.24, 2.45) is 0 Å². The maximum atomic E-state index is 12.5. The van der Waals surface area contributed by atoms with Gasteiger partial charge < -0.3 is 10.6 Å². The molecule has 5 heteroatoms. The first-order valence-electron chi connectivity index (χ1n) is 7.85. The standard InChI is InChI=1S/C19H18N2O2S/c1-2-11-20-18(22)13-7-9-14(10-8-13)21-19(23)16-12-24-17-6-4-3-5-15(16)17/h3-10,12H,2,11H2,1H3,(H,20,22)(H,21,23). The first-order valence-corrected chi connectivity index (χ1v) is 8.73. The zero-order valence-electron chi connectivity index (χ0n) is 13.3. The summed E-state index contributed by atoms with van der Waals surface area (Å²) in [6.07, 6.45) is 0.897. The highest BCUT2D eigenvalue weighted by Gasteiger charge is 2.12. The van der Waals surface area contributed by atoms with Gasteiger partial charge in [-0.1, -0.05) is 25.1 Å². The number of carbonyl (C=O) groups is 2. The zero-order valence-corrected chi connectivity index (χ0v) is 14.2. The molecule has 2 N–H and O–H groups in total. The molecule has 0 aliphatic heterocycles. The average Bonchev–Trinajstić information content (AvgIpc) is 3.04. The molecule has 1 aromatic heterocycles. The lowest BCUT2D eigenvalue weighted by Gasteiger charge is -2.07. The van der Waals surface area contributed by atoms with Crippen LogP contribution >= 0.6 is 11.3 Å². The van der Waals surface area contributed by atoms with Crippen molar-refractivity contribution in [3.05, 3.63) is 65.0 Å². The van der Waals surface area contributed by atoms with E-state index in [0.29, 0.717) is 23.4 Å². The van der Waals surface area contributed by atoms with Gasteiger partial charge >= 0.3 is 0 Å². The molecular formula is C19H18N2O2S. The van der Waals surface area contributed by atoms with Crippen LogP contribution < -0.4 is 10.6 Å². The van der Waals surface area contributed by atoms with E-state index in [1.54, 1.807) is 35.6 Å². The predicted octanol–water partition coefficient (Wildman–Crippen LogP) is 4.29. The van der Waals surface area contributed by atoms with Gasteiger partial charge in [-0.2, -0.15) is 0 Å². The van der Waals surface area contributed by atoms with Crippen molar-refractivity contribution in [1.29, 1.82) is 0 Å². The summed E-state index contributed by atoms with van der Waals surface area (Å²) in [5, 5.41) is 8.53. The summed E-state index contributed by atoms with van der Waals surface area (Å²) in [7, 11) is 0. The number of hydrogen-bond acceptors (Lipinski definition) is 3. The van der Waals surface area contributed by atoms with Crippen LogP contribution in [0.2, 0.25) is 0 Å². The van der Waals surface area contributed by atoms with Crippen LogP contribution in [0.4, 0.5) is 5.69 Å². The lowest BCUT2D eigenvalue weighted by molar-refractivity contribution is 0.0953. The van der Waals surface area contributed by atoms with Gasteiger partial charge in [-0.25, -0.2) is 0 Å². The highest BCUT2D eigenvalue weighted by Crippen LogP contribution is 2.26. The highest BCUT2D eigenvalue weighted by atomic mass is 32.1. The molecule has 0 atom stereocenters. The van der Waals surface area contributed by atoms with Crippen molar-refractivity contribution in [2.75, 3.05) is 11.9 Å². The third kappa shape index (κ3) is 3.46. The van der Waals surface area contributed by atoms with Crippen LogP contribution in [0.15, 0.2) is 53.9 Å². The molecular weight excluding hydrogens is 320 g/mol. The summed E-state index contributed by atoms with van der Waals surface area (Å²) in [5.41, 5.74) is 1.92. The first-order chi connectivity index (χ1) is 11.7.